The molecule has 2 heterocycles. The van der Waals surface area contributed by atoms with Crippen LogP contribution in [0.3, 0.4) is 0 Å². The van der Waals surface area contributed by atoms with Gasteiger partial charge in [0.1, 0.15) is 12.1 Å². The predicted molar refractivity (Wildman–Crippen MR) is 79.9 cm³/mol. The molecule has 4 rings (SSSR count). The van der Waals surface area contributed by atoms with Crippen LogP contribution in [0.4, 0.5) is 0 Å². The molecule has 0 radical (unpaired) electrons. The van der Waals surface area contributed by atoms with Crippen LogP contribution < -0.4 is 5.73 Å². The molecule has 5 heteroatoms. The fourth-order valence-corrected chi connectivity index (χ4v) is 3.88. The summed E-state index contributed by atoms with van der Waals surface area (Å²) in [5.41, 5.74) is 11.6. The van der Waals surface area contributed by atoms with Crippen molar-refractivity contribution in [2.45, 2.75) is 24.8 Å². The zero-order chi connectivity index (χ0) is 13.6. The van der Waals surface area contributed by atoms with Gasteiger partial charge in [0.05, 0.1) is 10.4 Å². The van der Waals surface area contributed by atoms with Gasteiger partial charge in [-0.2, -0.15) is 0 Å². The molecule has 0 saturated heterocycles. The number of hydrogen-bond donors (Lipinski definition) is 1. The van der Waals surface area contributed by atoms with Gasteiger partial charge in [-0.1, -0.05) is 18.2 Å². The van der Waals surface area contributed by atoms with E-state index in [1.54, 1.807) is 11.3 Å². The zero-order valence-corrected chi connectivity index (χ0v) is 11.8. The van der Waals surface area contributed by atoms with Crippen LogP contribution in [0.25, 0.3) is 10.4 Å². The average Bonchev–Trinajstić information content (AvgIpc) is 3.09. The predicted octanol–water partition coefficient (Wildman–Crippen LogP) is 2.38. The van der Waals surface area contributed by atoms with Gasteiger partial charge in [-0.15, -0.1) is 11.3 Å². The Hall–Kier alpha value is -1.88. The van der Waals surface area contributed by atoms with Crippen LogP contribution in [0.5, 0.6) is 0 Å². The van der Waals surface area contributed by atoms with Gasteiger partial charge in [0.2, 0.25) is 0 Å². The molecule has 1 spiro atoms. The highest BCUT2D eigenvalue weighted by molar-refractivity contribution is 7.13. The summed E-state index contributed by atoms with van der Waals surface area (Å²) in [7, 11) is 0. The van der Waals surface area contributed by atoms with Gasteiger partial charge < -0.3 is 10.5 Å². The summed E-state index contributed by atoms with van der Waals surface area (Å²) in [6.45, 7) is 0.614. The van der Waals surface area contributed by atoms with Gasteiger partial charge in [-0.3, -0.25) is 4.98 Å². The smallest absolute Gasteiger partial charge is 0.282 e. The van der Waals surface area contributed by atoms with E-state index in [0.717, 1.165) is 19.3 Å². The maximum Gasteiger partial charge on any atom is 0.282 e. The highest BCUT2D eigenvalue weighted by Gasteiger charge is 2.39. The maximum atomic E-state index is 5.69. The molecule has 0 saturated carbocycles. The summed E-state index contributed by atoms with van der Waals surface area (Å²) < 4.78 is 5.38. The molecular weight excluding hydrogens is 270 g/mol. The number of aromatic nitrogens is 1. The molecule has 2 aromatic rings. The van der Waals surface area contributed by atoms with Crippen LogP contribution >= 0.6 is 11.3 Å². The van der Waals surface area contributed by atoms with Crippen molar-refractivity contribution in [1.82, 2.24) is 4.98 Å². The minimum atomic E-state index is -0.136. The van der Waals surface area contributed by atoms with E-state index in [-0.39, 0.29) is 5.54 Å². The first-order chi connectivity index (χ1) is 9.76. The lowest BCUT2D eigenvalue weighted by Gasteiger charge is -2.31. The summed E-state index contributed by atoms with van der Waals surface area (Å²) in [5.74, 6) is 0. The Morgan fingerprint density at radius 1 is 1.35 bits per heavy atom. The number of rotatable bonds is 1. The topological polar surface area (TPSA) is 60.5 Å². The number of benzene rings is 1. The molecule has 4 nitrogen and oxygen atoms in total. The first-order valence-electron chi connectivity index (χ1n) is 6.74. The average molecular weight is 285 g/mol. The van der Waals surface area contributed by atoms with E-state index in [9.17, 15) is 0 Å². The zero-order valence-electron chi connectivity index (χ0n) is 11.0. The van der Waals surface area contributed by atoms with Crippen LogP contribution in [0.15, 0.2) is 34.9 Å². The van der Waals surface area contributed by atoms with Crippen LogP contribution in [-0.4, -0.2) is 23.2 Å². The second kappa shape index (κ2) is 4.31. The summed E-state index contributed by atoms with van der Waals surface area (Å²) in [5, 5.41) is 0. The second-order valence-corrected chi connectivity index (χ2v) is 6.34. The van der Waals surface area contributed by atoms with Gasteiger partial charge in [0, 0.05) is 12.6 Å². The SMILES string of the molecule is NC1=NC2(CCc3c(cccc3-c3cncs3)C2)CO1. The van der Waals surface area contributed by atoms with E-state index in [0.29, 0.717) is 12.6 Å². The number of thiazole rings is 1. The van der Waals surface area contributed by atoms with Gasteiger partial charge in [0.25, 0.3) is 6.02 Å². The molecule has 2 aliphatic rings. The number of nitrogens with two attached hydrogens (primary N) is 1. The third-order valence-corrected chi connectivity index (χ3v) is 4.97. The number of aliphatic imine (C=N–C) groups is 1. The molecule has 0 bridgehead atoms. The van der Waals surface area contributed by atoms with Crippen molar-refractivity contribution in [3.8, 4) is 10.4 Å². The Balaban J connectivity index is 1.76. The van der Waals surface area contributed by atoms with Crippen LogP contribution in [0.2, 0.25) is 0 Å². The summed E-state index contributed by atoms with van der Waals surface area (Å²) in [4.78, 5) is 9.96. The van der Waals surface area contributed by atoms with Crippen LogP contribution in [0, 0.1) is 0 Å². The number of hydrogen-bond acceptors (Lipinski definition) is 5. The van der Waals surface area contributed by atoms with Crippen molar-refractivity contribution in [3.63, 3.8) is 0 Å². The minimum Gasteiger partial charge on any atom is -0.463 e. The largest absolute Gasteiger partial charge is 0.463 e. The van der Waals surface area contributed by atoms with E-state index in [1.165, 1.54) is 21.6 Å². The number of amidine groups is 1. The van der Waals surface area contributed by atoms with Gasteiger partial charge in [-0.05, 0) is 29.5 Å². The summed E-state index contributed by atoms with van der Waals surface area (Å²) >= 11 is 1.69. The standard InChI is InChI=1S/C15H15N3OS/c16-14-18-15(8-19-14)5-4-11-10(6-15)2-1-3-12(11)13-7-17-9-20-13/h1-3,7,9H,4-6,8H2,(H2,16,18). The van der Waals surface area contributed by atoms with Gasteiger partial charge in [0.15, 0.2) is 0 Å². The Bertz CT molecular complexity index is 680. The summed E-state index contributed by atoms with van der Waals surface area (Å²) in [6.07, 6.45) is 4.87. The van der Waals surface area contributed by atoms with Crippen molar-refractivity contribution < 1.29 is 4.74 Å². The molecule has 1 aliphatic carbocycles. The molecule has 102 valence electrons. The van der Waals surface area contributed by atoms with Crippen molar-refractivity contribution in [1.29, 1.82) is 0 Å². The monoisotopic (exact) mass is 285 g/mol. The highest BCUT2D eigenvalue weighted by Crippen LogP contribution is 2.39. The molecular formula is C15H15N3OS. The first kappa shape index (κ1) is 11.9. The molecule has 1 atom stereocenters. The van der Waals surface area contributed by atoms with E-state index < -0.39 is 0 Å². The second-order valence-electron chi connectivity index (χ2n) is 5.45. The molecule has 0 fully saturated rings. The lowest BCUT2D eigenvalue weighted by atomic mass is 9.77. The van der Waals surface area contributed by atoms with Crippen molar-refractivity contribution >= 4 is 17.4 Å². The lowest BCUT2D eigenvalue weighted by molar-refractivity contribution is 0.235. The number of nitrogens with zero attached hydrogens (tertiary/aromatic N) is 2. The van der Waals surface area contributed by atoms with E-state index in [4.69, 9.17) is 10.5 Å². The fourth-order valence-electron chi connectivity index (χ4n) is 3.20. The van der Waals surface area contributed by atoms with E-state index >= 15 is 0 Å². The van der Waals surface area contributed by atoms with Crippen LogP contribution in [-0.2, 0) is 17.6 Å². The highest BCUT2D eigenvalue weighted by atomic mass is 32.1. The van der Waals surface area contributed by atoms with Gasteiger partial charge >= 0.3 is 0 Å². The summed E-state index contributed by atoms with van der Waals surface area (Å²) in [6, 6.07) is 6.85. The quantitative estimate of drug-likeness (QED) is 0.875. The molecule has 20 heavy (non-hydrogen) atoms. The molecule has 1 aliphatic heterocycles. The third kappa shape index (κ3) is 1.81. The minimum absolute atomic E-state index is 0.136. The van der Waals surface area contributed by atoms with Crippen molar-refractivity contribution in [3.05, 3.63) is 41.0 Å². The molecule has 1 aromatic heterocycles. The maximum absolute atomic E-state index is 5.69. The third-order valence-electron chi connectivity index (χ3n) is 4.17. The van der Waals surface area contributed by atoms with E-state index in [2.05, 4.69) is 28.2 Å². The number of ether oxygens (including phenoxy) is 1. The molecule has 1 aromatic carbocycles. The molecule has 2 N–H and O–H groups in total. The normalized spacial score (nSPS) is 24.3. The molecule has 0 amide bonds. The lowest BCUT2D eigenvalue weighted by Crippen LogP contribution is -2.35. The van der Waals surface area contributed by atoms with Crippen molar-refractivity contribution in [2.24, 2.45) is 10.7 Å². The van der Waals surface area contributed by atoms with E-state index in [1.807, 2.05) is 11.7 Å². The number of fused-ring (bicyclic) bond motifs is 1. The van der Waals surface area contributed by atoms with Crippen LogP contribution in [0.1, 0.15) is 17.5 Å². The fraction of sp³-hybridized carbons (Fsp3) is 0.333. The van der Waals surface area contributed by atoms with Gasteiger partial charge in [-0.25, -0.2) is 4.99 Å². The first-order valence-corrected chi connectivity index (χ1v) is 7.62. The Morgan fingerprint density at radius 2 is 2.30 bits per heavy atom. The Kier molecular flexibility index (Phi) is 2.57. The Labute approximate surface area is 121 Å². The Morgan fingerprint density at radius 3 is 3.05 bits per heavy atom. The molecule has 1 unspecified atom stereocenters. The van der Waals surface area contributed by atoms with Crippen molar-refractivity contribution in [2.75, 3.05) is 6.61 Å².